The topological polar surface area (TPSA) is 3.24 Å². The van der Waals surface area contributed by atoms with Crippen LogP contribution in [0.1, 0.15) is 0 Å². The molecule has 0 saturated carbocycles. The fourth-order valence-electron chi connectivity index (χ4n) is 0. The lowest BCUT2D eigenvalue weighted by Gasteiger charge is -1.82. The molecule has 0 bridgehead atoms. The second-order valence-corrected chi connectivity index (χ2v) is 5.14. The Balaban J connectivity index is 2.32. The molecule has 0 amide bonds. The highest BCUT2D eigenvalue weighted by Gasteiger charge is 1.65. The van der Waals surface area contributed by atoms with E-state index in [9.17, 15) is 0 Å². The van der Waals surface area contributed by atoms with Gasteiger partial charge < -0.3 is 0 Å². The van der Waals surface area contributed by atoms with Gasteiger partial charge in [-0.15, -0.1) is 0 Å². The molecule has 4 heavy (non-hydrogen) atoms. The minimum atomic E-state index is 1.94. The van der Waals surface area contributed by atoms with Gasteiger partial charge in [0.05, 0.1) is 0 Å². The summed E-state index contributed by atoms with van der Waals surface area (Å²) in [5, 5.41) is 0. The quantitative estimate of drug-likeness (QED) is 0.482. The molecule has 0 N–H and O–H groups in total. The van der Waals surface area contributed by atoms with Crippen LogP contribution < -0.4 is 0 Å². The number of rotatable bonds is 0. The molecule has 0 heterocycles. The molecule has 0 aliphatic rings. The van der Waals surface area contributed by atoms with Crippen LogP contribution in [0.15, 0.2) is 0 Å². The molecular formula is CH3I2N. The van der Waals surface area contributed by atoms with Crippen LogP contribution in [0.25, 0.3) is 0 Å². The maximum absolute atomic E-state index is 2.16. The number of nitrogens with zero attached hydrogens (tertiary/aromatic N) is 1. The highest BCUT2D eigenvalue weighted by Crippen LogP contribution is 1.98. The first-order chi connectivity index (χ1) is 1.73. The van der Waals surface area contributed by atoms with Crippen molar-refractivity contribution in [3.05, 3.63) is 0 Å². The first-order valence-corrected chi connectivity index (χ1v) is 2.72. The Hall–Kier alpha value is 1.42. The lowest BCUT2D eigenvalue weighted by molar-refractivity contribution is 1.09. The van der Waals surface area contributed by atoms with Crippen LogP contribution in [0.5, 0.6) is 0 Å². The van der Waals surface area contributed by atoms with Crippen LogP contribution in [0.2, 0.25) is 0 Å². The van der Waals surface area contributed by atoms with E-state index in [2.05, 4.69) is 45.7 Å². The lowest BCUT2D eigenvalue weighted by atomic mass is 11.6. The molecule has 0 rings (SSSR count). The molecule has 0 fully saturated rings. The fourth-order valence-corrected chi connectivity index (χ4v) is 0. The van der Waals surface area contributed by atoms with E-state index in [1.165, 1.54) is 0 Å². The van der Waals surface area contributed by atoms with Gasteiger partial charge in [-0.05, 0) is 0 Å². The van der Waals surface area contributed by atoms with Crippen molar-refractivity contribution in [3.63, 3.8) is 0 Å². The predicted octanol–water partition coefficient (Wildman–Crippen LogP) is 1.62. The van der Waals surface area contributed by atoms with Gasteiger partial charge in [-0.3, -0.25) is 0 Å². The third-order valence-electron chi connectivity index (χ3n) is 0. The first-order valence-electron chi connectivity index (χ1n) is 0.785. The highest BCUT2D eigenvalue weighted by molar-refractivity contribution is 14.2. The molecule has 26 valence electrons. The molecule has 0 aliphatic heterocycles. The summed E-state index contributed by atoms with van der Waals surface area (Å²) in [6.45, 7) is 0. The molecule has 0 aromatic heterocycles. The van der Waals surface area contributed by atoms with Crippen molar-refractivity contribution in [2.75, 3.05) is 7.05 Å². The summed E-state index contributed by atoms with van der Waals surface area (Å²) in [6, 6.07) is 0. The largest absolute Gasteiger partial charge is 0.192 e. The van der Waals surface area contributed by atoms with Gasteiger partial charge in [0, 0.05) is 52.8 Å². The molecule has 0 saturated heterocycles. The molecule has 0 radical (unpaired) electrons. The van der Waals surface area contributed by atoms with E-state index in [4.69, 9.17) is 0 Å². The Kier molecular flexibility index (Phi) is 3.59. The van der Waals surface area contributed by atoms with Gasteiger partial charge in [0.2, 0.25) is 0 Å². The minimum absolute atomic E-state index is 1.94. The zero-order valence-electron chi connectivity index (χ0n) is 2.20. The van der Waals surface area contributed by atoms with E-state index < -0.39 is 0 Å². The van der Waals surface area contributed by atoms with E-state index in [1.54, 1.807) is 0 Å². The van der Waals surface area contributed by atoms with Gasteiger partial charge in [-0.25, -0.2) is 0 Å². The second kappa shape index (κ2) is 2.65. The number of hydrogen-bond acceptors (Lipinski definition) is 1. The standard InChI is InChI=1S/CH3I2N/c1-4(2)3/h1H3. The van der Waals surface area contributed by atoms with E-state index >= 15 is 0 Å². The smallest absolute Gasteiger partial charge is 0.0305 e. The SMILES string of the molecule is CN(I)I. The molecule has 1 nitrogen and oxygen atoms in total. The van der Waals surface area contributed by atoms with Crippen molar-refractivity contribution >= 4 is 45.7 Å². The maximum atomic E-state index is 2.16. The van der Waals surface area contributed by atoms with Gasteiger partial charge in [-0.1, -0.05) is 0 Å². The minimum Gasteiger partial charge on any atom is -0.192 e. The fraction of sp³-hybridized carbons (Fsp3) is 1.00. The van der Waals surface area contributed by atoms with Crippen molar-refractivity contribution in [2.24, 2.45) is 0 Å². The van der Waals surface area contributed by atoms with E-state index in [-0.39, 0.29) is 0 Å². The van der Waals surface area contributed by atoms with Crippen LogP contribution in [0.3, 0.4) is 0 Å². The van der Waals surface area contributed by atoms with Gasteiger partial charge in [0.1, 0.15) is 0 Å². The number of halogens is 2. The Morgan fingerprint density at radius 1 is 1.50 bits per heavy atom. The van der Waals surface area contributed by atoms with Gasteiger partial charge in [-0.2, -0.15) is 1.33 Å². The molecule has 0 aromatic rings. The molecule has 0 unspecified atom stereocenters. The van der Waals surface area contributed by atoms with Crippen LogP contribution >= 0.6 is 45.7 Å². The maximum Gasteiger partial charge on any atom is 0.0305 e. The normalized spacial score (nSPS) is 9.00. The second-order valence-electron chi connectivity index (χ2n) is 0.402. The van der Waals surface area contributed by atoms with Crippen LogP contribution in [0.4, 0.5) is 0 Å². The Morgan fingerprint density at radius 3 is 1.50 bits per heavy atom. The average Bonchev–Trinajstić information content (AvgIpc) is 0.811. The summed E-state index contributed by atoms with van der Waals surface area (Å²) >= 11 is 4.33. The van der Waals surface area contributed by atoms with E-state index in [1.807, 2.05) is 8.37 Å². The van der Waals surface area contributed by atoms with Crippen LogP contribution in [-0.4, -0.2) is 8.37 Å². The Morgan fingerprint density at radius 2 is 1.50 bits per heavy atom. The molecule has 0 aromatic carbocycles. The number of hydrogen-bond donors (Lipinski definition) is 0. The van der Waals surface area contributed by atoms with Gasteiger partial charge >= 0.3 is 0 Å². The first kappa shape index (κ1) is 5.42. The Bertz CT molecular complexity index is 10.8. The third-order valence-corrected chi connectivity index (χ3v) is 0. The zero-order valence-corrected chi connectivity index (χ0v) is 6.52. The average molecular weight is 283 g/mol. The molecule has 0 aliphatic carbocycles. The summed E-state index contributed by atoms with van der Waals surface area (Å²) < 4.78 is 1.94. The molecule has 0 spiro atoms. The summed E-state index contributed by atoms with van der Waals surface area (Å²) in [5.74, 6) is 0. The van der Waals surface area contributed by atoms with Crippen LogP contribution in [-0.2, 0) is 0 Å². The van der Waals surface area contributed by atoms with Crippen molar-refractivity contribution < 1.29 is 0 Å². The highest BCUT2D eigenvalue weighted by atomic mass is 127. The van der Waals surface area contributed by atoms with Crippen molar-refractivity contribution in [1.29, 1.82) is 0 Å². The summed E-state index contributed by atoms with van der Waals surface area (Å²) in [7, 11) is 1.97. The van der Waals surface area contributed by atoms with Crippen molar-refractivity contribution in [3.8, 4) is 0 Å². The van der Waals surface area contributed by atoms with Gasteiger partial charge in [0.25, 0.3) is 0 Å². The van der Waals surface area contributed by atoms with Crippen LogP contribution in [0, 0.1) is 0 Å². The summed E-state index contributed by atoms with van der Waals surface area (Å²) in [5.41, 5.74) is 0. The van der Waals surface area contributed by atoms with E-state index in [0.717, 1.165) is 0 Å². The molecule has 3 heteroatoms. The van der Waals surface area contributed by atoms with Crippen molar-refractivity contribution in [1.82, 2.24) is 1.33 Å². The molecule has 0 atom stereocenters. The van der Waals surface area contributed by atoms with Gasteiger partial charge in [0.15, 0.2) is 0 Å². The monoisotopic (exact) mass is 283 g/mol. The van der Waals surface area contributed by atoms with E-state index in [0.29, 0.717) is 0 Å². The van der Waals surface area contributed by atoms with Crippen molar-refractivity contribution in [2.45, 2.75) is 0 Å². The molecular weight excluding hydrogens is 280 g/mol. The third kappa shape index (κ3) is 9.93. The predicted molar refractivity (Wildman–Crippen MR) is 35.8 cm³/mol. The zero-order chi connectivity index (χ0) is 3.58. The lowest BCUT2D eigenvalue weighted by Crippen LogP contribution is -1.73. The summed E-state index contributed by atoms with van der Waals surface area (Å²) in [4.78, 5) is 0. The Labute approximate surface area is 53.7 Å². The summed E-state index contributed by atoms with van der Waals surface area (Å²) in [6.07, 6.45) is 0.